The summed E-state index contributed by atoms with van der Waals surface area (Å²) in [6.45, 7) is 2.76. The van der Waals surface area contributed by atoms with Gasteiger partial charge in [0.1, 0.15) is 6.29 Å². The van der Waals surface area contributed by atoms with E-state index in [0.29, 0.717) is 5.56 Å². The van der Waals surface area contributed by atoms with Crippen molar-refractivity contribution in [1.29, 1.82) is 5.26 Å². The van der Waals surface area contributed by atoms with Crippen LogP contribution < -0.4 is 0 Å². The fourth-order valence-electron chi connectivity index (χ4n) is 2.79. The lowest BCUT2D eigenvalue weighted by molar-refractivity contribution is 0.112. The zero-order valence-electron chi connectivity index (χ0n) is 14.2. The van der Waals surface area contributed by atoms with Crippen molar-refractivity contribution < 1.29 is 9.53 Å². The molecule has 4 nitrogen and oxygen atoms in total. The molecule has 0 aromatic heterocycles. The van der Waals surface area contributed by atoms with Gasteiger partial charge in [0.25, 0.3) is 0 Å². The Morgan fingerprint density at radius 2 is 1.88 bits per heavy atom. The highest BCUT2D eigenvalue weighted by molar-refractivity contribution is 5.75. The van der Waals surface area contributed by atoms with Gasteiger partial charge in [-0.1, -0.05) is 24.3 Å². The Hall–Kier alpha value is -2.48. The van der Waals surface area contributed by atoms with Gasteiger partial charge in [0.2, 0.25) is 0 Å². The number of methoxy groups -OCH3 is 1. The summed E-state index contributed by atoms with van der Waals surface area (Å²) in [7, 11) is 3.25. The number of nitriles is 1. The number of hydrogen-bond acceptors (Lipinski definition) is 4. The maximum Gasteiger partial charge on any atom is 0.150 e. The minimum absolute atomic E-state index is 0.693. The van der Waals surface area contributed by atoms with Crippen molar-refractivity contribution in [2.24, 2.45) is 0 Å². The van der Waals surface area contributed by atoms with E-state index in [-0.39, 0.29) is 0 Å². The van der Waals surface area contributed by atoms with Crippen LogP contribution in [0.25, 0.3) is 0 Å². The van der Waals surface area contributed by atoms with Gasteiger partial charge in [-0.25, -0.2) is 0 Å². The maximum atomic E-state index is 10.9. The summed E-state index contributed by atoms with van der Waals surface area (Å²) < 4.78 is 4.25. The smallest absolute Gasteiger partial charge is 0.150 e. The van der Waals surface area contributed by atoms with Crippen LogP contribution in [0.5, 0.6) is 0 Å². The summed E-state index contributed by atoms with van der Waals surface area (Å²) in [6.07, 6.45) is 1.92. The normalized spacial score (nSPS) is 13.2. The van der Waals surface area contributed by atoms with Crippen LogP contribution in [0.15, 0.2) is 42.5 Å². The highest BCUT2D eigenvalue weighted by Gasteiger charge is 2.16. The fraction of sp³-hybridized carbons (Fsp3) is 0.300. The molecule has 0 N–H and O–H groups in total. The molecule has 1 aliphatic heterocycles. The van der Waals surface area contributed by atoms with Crippen molar-refractivity contribution >= 4 is 6.29 Å². The highest BCUT2D eigenvalue weighted by atomic mass is 16.4. The Morgan fingerprint density at radius 3 is 2.50 bits per heavy atom. The molecule has 0 unspecified atom stereocenters. The second-order valence-electron chi connectivity index (χ2n) is 5.82. The molecule has 0 bridgehead atoms. The molecule has 1 heterocycles. The molecule has 0 saturated carbocycles. The molecule has 0 amide bonds. The van der Waals surface area contributed by atoms with Gasteiger partial charge in [-0.3, -0.25) is 9.69 Å². The Balaban J connectivity index is 0.000000647. The van der Waals surface area contributed by atoms with Crippen molar-refractivity contribution in [3.63, 3.8) is 0 Å². The predicted molar refractivity (Wildman–Crippen MR) is 93.7 cm³/mol. The first-order chi connectivity index (χ1) is 11.7. The summed E-state index contributed by atoms with van der Waals surface area (Å²) in [4.78, 5) is 13.3. The molecule has 0 radical (unpaired) electrons. The van der Waals surface area contributed by atoms with Crippen LogP contribution in [0.3, 0.4) is 0 Å². The average Bonchev–Trinajstić information content (AvgIpc) is 2.62. The van der Waals surface area contributed by atoms with Gasteiger partial charge in [0, 0.05) is 39.4 Å². The zero-order valence-corrected chi connectivity index (χ0v) is 14.2. The van der Waals surface area contributed by atoms with Crippen LogP contribution in [-0.2, 0) is 24.2 Å². The second kappa shape index (κ2) is 8.97. The van der Waals surface area contributed by atoms with Gasteiger partial charge in [-0.05, 0) is 41.3 Å². The van der Waals surface area contributed by atoms with Crippen LogP contribution in [-0.4, -0.2) is 32.0 Å². The van der Waals surface area contributed by atoms with E-state index in [4.69, 9.17) is 5.26 Å². The van der Waals surface area contributed by atoms with E-state index in [1.54, 1.807) is 14.2 Å². The van der Waals surface area contributed by atoms with Gasteiger partial charge in [0.05, 0.1) is 11.6 Å². The SMILES string of the molecule is COC.N#Cc1ccc(CN2CCc3ccc(C=O)cc3C2)cc1. The monoisotopic (exact) mass is 322 g/mol. The van der Waals surface area contributed by atoms with Crippen molar-refractivity contribution in [1.82, 2.24) is 4.90 Å². The minimum atomic E-state index is 0.693. The number of ether oxygens (including phenoxy) is 1. The van der Waals surface area contributed by atoms with Crippen molar-refractivity contribution in [2.45, 2.75) is 19.5 Å². The van der Waals surface area contributed by atoms with Gasteiger partial charge in [-0.15, -0.1) is 0 Å². The third-order valence-electron chi connectivity index (χ3n) is 3.95. The summed E-state index contributed by atoms with van der Waals surface area (Å²) >= 11 is 0. The summed E-state index contributed by atoms with van der Waals surface area (Å²) in [5, 5.41) is 8.82. The predicted octanol–water partition coefficient (Wildman–Crippen LogP) is 3.19. The molecule has 0 atom stereocenters. The molecular formula is C20H22N2O2. The Bertz CT molecular complexity index is 717. The third kappa shape index (κ3) is 4.76. The number of carbonyl (C=O) groups excluding carboxylic acids is 1. The number of hydrogen-bond donors (Lipinski definition) is 0. The Morgan fingerprint density at radius 1 is 1.17 bits per heavy atom. The van der Waals surface area contributed by atoms with Crippen LogP contribution >= 0.6 is 0 Å². The molecule has 24 heavy (non-hydrogen) atoms. The number of fused-ring (bicyclic) bond motifs is 1. The summed E-state index contributed by atoms with van der Waals surface area (Å²) in [5.74, 6) is 0. The molecule has 0 saturated heterocycles. The van der Waals surface area contributed by atoms with Gasteiger partial charge < -0.3 is 4.74 Å². The molecule has 0 fully saturated rings. The number of rotatable bonds is 3. The maximum absolute atomic E-state index is 10.9. The zero-order chi connectivity index (χ0) is 17.4. The Kier molecular flexibility index (Phi) is 6.68. The number of benzene rings is 2. The number of carbonyl (C=O) groups is 1. The van der Waals surface area contributed by atoms with Crippen molar-refractivity contribution in [2.75, 3.05) is 20.8 Å². The van der Waals surface area contributed by atoms with E-state index >= 15 is 0 Å². The molecule has 124 valence electrons. The topological polar surface area (TPSA) is 53.3 Å². The average molecular weight is 322 g/mol. The van der Waals surface area contributed by atoms with E-state index in [0.717, 1.165) is 37.9 Å². The lowest BCUT2D eigenvalue weighted by atomic mass is 9.97. The van der Waals surface area contributed by atoms with Crippen LogP contribution in [0, 0.1) is 11.3 Å². The van der Waals surface area contributed by atoms with E-state index in [1.807, 2.05) is 36.4 Å². The van der Waals surface area contributed by atoms with Gasteiger partial charge in [0.15, 0.2) is 0 Å². The number of nitrogens with zero attached hydrogens (tertiary/aromatic N) is 2. The van der Waals surface area contributed by atoms with Crippen LogP contribution in [0.4, 0.5) is 0 Å². The van der Waals surface area contributed by atoms with Crippen molar-refractivity contribution in [3.05, 3.63) is 70.3 Å². The summed E-state index contributed by atoms with van der Waals surface area (Å²) in [5.41, 5.74) is 5.24. The largest absolute Gasteiger partial charge is 0.388 e. The second-order valence-corrected chi connectivity index (χ2v) is 5.82. The first-order valence-corrected chi connectivity index (χ1v) is 7.88. The molecule has 1 aliphatic rings. The van der Waals surface area contributed by atoms with E-state index in [2.05, 4.69) is 21.8 Å². The number of aldehydes is 1. The standard InChI is InChI=1S/C18H16N2O.C2H6O/c19-10-14-1-3-15(4-2-14)11-20-8-7-17-6-5-16(13-21)9-18(17)12-20;1-3-2/h1-6,9,13H,7-8,11-12H2;1-2H3. The first kappa shape index (κ1) is 17.9. The van der Waals surface area contributed by atoms with Crippen LogP contribution in [0.2, 0.25) is 0 Å². The molecular weight excluding hydrogens is 300 g/mol. The van der Waals surface area contributed by atoms with E-state index in [9.17, 15) is 4.79 Å². The van der Waals surface area contributed by atoms with Crippen LogP contribution in [0.1, 0.15) is 32.6 Å². The molecule has 2 aromatic rings. The third-order valence-corrected chi connectivity index (χ3v) is 3.95. The van der Waals surface area contributed by atoms with Crippen molar-refractivity contribution in [3.8, 4) is 6.07 Å². The fourth-order valence-corrected chi connectivity index (χ4v) is 2.79. The molecule has 3 rings (SSSR count). The lowest BCUT2D eigenvalue weighted by Gasteiger charge is -2.29. The molecule has 0 aliphatic carbocycles. The highest BCUT2D eigenvalue weighted by Crippen LogP contribution is 2.21. The molecule has 4 heteroatoms. The van der Waals surface area contributed by atoms with E-state index in [1.165, 1.54) is 16.7 Å². The van der Waals surface area contributed by atoms with Gasteiger partial charge in [-0.2, -0.15) is 5.26 Å². The first-order valence-electron chi connectivity index (χ1n) is 7.88. The minimum Gasteiger partial charge on any atom is -0.388 e. The van der Waals surface area contributed by atoms with E-state index < -0.39 is 0 Å². The van der Waals surface area contributed by atoms with Gasteiger partial charge >= 0.3 is 0 Å². The lowest BCUT2D eigenvalue weighted by Crippen LogP contribution is -2.30. The Labute approximate surface area is 143 Å². The summed E-state index contributed by atoms with van der Waals surface area (Å²) in [6, 6.07) is 15.8. The quantitative estimate of drug-likeness (QED) is 0.814. The molecule has 0 spiro atoms. The molecule has 2 aromatic carbocycles.